The average Bonchev–Trinajstić information content (AvgIpc) is 2.75. The Balaban J connectivity index is 2.07. The van der Waals surface area contributed by atoms with E-state index in [0.29, 0.717) is 10.9 Å². The molecule has 0 amide bonds. The highest BCUT2D eigenvalue weighted by atomic mass is 32.2. The maximum Gasteiger partial charge on any atom is 0.242 e. The van der Waals surface area contributed by atoms with Gasteiger partial charge < -0.3 is 5.32 Å². The Hall–Kier alpha value is -1.07. The second-order valence-corrected chi connectivity index (χ2v) is 7.72. The highest BCUT2D eigenvalue weighted by Gasteiger charge is 2.21. The molecule has 19 heavy (non-hydrogen) atoms. The van der Waals surface area contributed by atoms with E-state index in [1.165, 1.54) is 23.6 Å². The van der Waals surface area contributed by atoms with Crippen molar-refractivity contribution in [1.82, 2.24) is 4.31 Å². The molecule has 0 aromatic heterocycles. The third-order valence-corrected chi connectivity index (χ3v) is 5.53. The Morgan fingerprint density at radius 2 is 1.79 bits per heavy atom. The Morgan fingerprint density at radius 1 is 1.16 bits per heavy atom. The zero-order valence-electron chi connectivity index (χ0n) is 11.8. The number of hydrogen-bond acceptors (Lipinski definition) is 3. The first-order valence-corrected chi connectivity index (χ1v) is 8.12. The lowest BCUT2D eigenvalue weighted by molar-refractivity contribution is 0.521. The number of anilines is 1. The number of nitrogens with one attached hydrogen (secondary N) is 1. The van der Waals surface area contributed by atoms with Crippen LogP contribution in [-0.2, 0) is 10.0 Å². The predicted octanol–water partition coefficient (Wildman–Crippen LogP) is 2.54. The Kier molecular flexibility index (Phi) is 4.16. The van der Waals surface area contributed by atoms with Crippen molar-refractivity contribution in [3.63, 3.8) is 0 Å². The van der Waals surface area contributed by atoms with Crippen molar-refractivity contribution in [2.45, 2.75) is 37.1 Å². The molecule has 0 bridgehead atoms. The Morgan fingerprint density at radius 3 is 2.26 bits per heavy atom. The van der Waals surface area contributed by atoms with Crippen molar-refractivity contribution in [3.05, 3.63) is 24.3 Å². The number of benzene rings is 1. The minimum Gasteiger partial charge on any atom is -0.382 e. The van der Waals surface area contributed by atoms with E-state index >= 15 is 0 Å². The molecule has 2 rings (SSSR count). The summed E-state index contributed by atoms with van der Waals surface area (Å²) in [6.07, 6.45) is 3.65. The van der Waals surface area contributed by atoms with E-state index in [-0.39, 0.29) is 0 Å². The minimum absolute atomic E-state index is 0.336. The van der Waals surface area contributed by atoms with Crippen LogP contribution in [0.25, 0.3) is 0 Å². The zero-order chi connectivity index (χ0) is 14.0. The number of nitrogens with zero attached hydrogens (tertiary/aromatic N) is 1. The molecule has 1 aliphatic carbocycles. The van der Waals surface area contributed by atoms with Gasteiger partial charge in [-0.25, -0.2) is 12.7 Å². The molecule has 2 unspecified atom stereocenters. The SMILES string of the molecule is CC1CCC(Nc2ccc(S(=O)(=O)N(C)C)cc2)C1. The van der Waals surface area contributed by atoms with Crippen LogP contribution in [0.3, 0.4) is 0 Å². The van der Waals surface area contributed by atoms with Crippen LogP contribution in [0.5, 0.6) is 0 Å². The van der Waals surface area contributed by atoms with E-state index < -0.39 is 10.0 Å². The van der Waals surface area contributed by atoms with Gasteiger partial charge in [-0.15, -0.1) is 0 Å². The van der Waals surface area contributed by atoms with Crippen LogP contribution in [0.4, 0.5) is 5.69 Å². The fourth-order valence-electron chi connectivity index (χ4n) is 2.51. The maximum absolute atomic E-state index is 11.9. The number of rotatable bonds is 4. The highest BCUT2D eigenvalue weighted by Crippen LogP contribution is 2.27. The van der Waals surface area contributed by atoms with Crippen molar-refractivity contribution < 1.29 is 8.42 Å². The van der Waals surface area contributed by atoms with Gasteiger partial charge in [0.15, 0.2) is 0 Å². The van der Waals surface area contributed by atoms with Crippen LogP contribution < -0.4 is 5.32 Å². The molecular formula is C14H22N2O2S. The van der Waals surface area contributed by atoms with Gasteiger partial charge >= 0.3 is 0 Å². The zero-order valence-corrected chi connectivity index (χ0v) is 12.6. The highest BCUT2D eigenvalue weighted by molar-refractivity contribution is 7.89. The van der Waals surface area contributed by atoms with Crippen LogP contribution in [0.2, 0.25) is 0 Å². The fourth-order valence-corrected chi connectivity index (χ4v) is 3.41. The number of hydrogen-bond donors (Lipinski definition) is 1. The van der Waals surface area contributed by atoms with Gasteiger partial charge in [0.1, 0.15) is 0 Å². The summed E-state index contributed by atoms with van der Waals surface area (Å²) < 4.78 is 25.1. The smallest absolute Gasteiger partial charge is 0.242 e. The molecule has 1 saturated carbocycles. The van der Waals surface area contributed by atoms with E-state index in [2.05, 4.69) is 12.2 Å². The van der Waals surface area contributed by atoms with Gasteiger partial charge in [-0.1, -0.05) is 6.92 Å². The fraction of sp³-hybridized carbons (Fsp3) is 0.571. The first-order chi connectivity index (χ1) is 8.89. The largest absolute Gasteiger partial charge is 0.382 e. The lowest BCUT2D eigenvalue weighted by atomic mass is 10.1. The summed E-state index contributed by atoms with van der Waals surface area (Å²) in [5.41, 5.74) is 0.997. The van der Waals surface area contributed by atoms with Crippen molar-refractivity contribution >= 4 is 15.7 Å². The summed E-state index contributed by atoms with van der Waals surface area (Å²) in [5, 5.41) is 3.47. The third-order valence-electron chi connectivity index (χ3n) is 3.70. The molecule has 0 radical (unpaired) electrons. The standard InChI is InChI=1S/C14H22N2O2S/c1-11-4-5-13(10-11)15-12-6-8-14(9-7-12)19(17,18)16(2)3/h6-9,11,13,15H,4-5,10H2,1-3H3. The Bertz CT molecular complexity index is 523. The van der Waals surface area contributed by atoms with Crippen LogP contribution in [0.1, 0.15) is 26.2 Å². The second kappa shape index (κ2) is 5.51. The van der Waals surface area contributed by atoms with Gasteiger partial charge in [0.25, 0.3) is 0 Å². The minimum atomic E-state index is -3.32. The predicted molar refractivity (Wildman–Crippen MR) is 77.7 cm³/mol. The lowest BCUT2D eigenvalue weighted by Crippen LogP contribution is -2.22. The van der Waals surface area contributed by atoms with Crippen molar-refractivity contribution in [2.24, 2.45) is 5.92 Å². The van der Waals surface area contributed by atoms with Crippen LogP contribution in [0.15, 0.2) is 29.2 Å². The van der Waals surface area contributed by atoms with Crippen molar-refractivity contribution in [1.29, 1.82) is 0 Å². The topological polar surface area (TPSA) is 49.4 Å². The van der Waals surface area contributed by atoms with Crippen molar-refractivity contribution in [3.8, 4) is 0 Å². The first kappa shape index (κ1) is 14.3. The van der Waals surface area contributed by atoms with Gasteiger partial charge in [-0.05, 0) is 49.4 Å². The summed E-state index contributed by atoms with van der Waals surface area (Å²) in [6, 6.07) is 7.54. The molecular weight excluding hydrogens is 260 g/mol. The van der Waals surface area contributed by atoms with Gasteiger partial charge in [0.2, 0.25) is 10.0 Å². The molecule has 0 aliphatic heterocycles. The van der Waals surface area contributed by atoms with E-state index in [1.54, 1.807) is 26.2 Å². The molecule has 0 spiro atoms. The molecule has 4 nitrogen and oxygen atoms in total. The summed E-state index contributed by atoms with van der Waals surface area (Å²) >= 11 is 0. The van der Waals surface area contributed by atoms with E-state index in [0.717, 1.165) is 11.6 Å². The van der Waals surface area contributed by atoms with E-state index in [9.17, 15) is 8.42 Å². The number of sulfonamides is 1. The maximum atomic E-state index is 11.9. The quantitative estimate of drug-likeness (QED) is 0.923. The van der Waals surface area contributed by atoms with Crippen LogP contribution in [0, 0.1) is 5.92 Å². The van der Waals surface area contributed by atoms with E-state index in [4.69, 9.17) is 0 Å². The molecule has 1 N–H and O–H groups in total. The molecule has 1 aromatic carbocycles. The molecule has 2 atom stereocenters. The molecule has 1 aromatic rings. The van der Waals surface area contributed by atoms with E-state index in [1.807, 2.05) is 12.1 Å². The monoisotopic (exact) mass is 282 g/mol. The van der Waals surface area contributed by atoms with Crippen molar-refractivity contribution in [2.75, 3.05) is 19.4 Å². The van der Waals surface area contributed by atoms with Crippen LogP contribution in [-0.4, -0.2) is 32.9 Å². The summed E-state index contributed by atoms with van der Waals surface area (Å²) in [6.45, 7) is 2.27. The molecule has 1 fully saturated rings. The van der Waals surface area contributed by atoms with Gasteiger partial charge in [0.05, 0.1) is 4.90 Å². The van der Waals surface area contributed by atoms with Gasteiger partial charge in [-0.2, -0.15) is 0 Å². The summed E-state index contributed by atoms with van der Waals surface area (Å²) in [5.74, 6) is 0.783. The summed E-state index contributed by atoms with van der Waals surface area (Å²) in [7, 11) is -0.238. The molecule has 5 heteroatoms. The molecule has 0 saturated heterocycles. The second-order valence-electron chi connectivity index (χ2n) is 5.57. The first-order valence-electron chi connectivity index (χ1n) is 6.68. The molecule has 106 valence electrons. The summed E-state index contributed by atoms with van der Waals surface area (Å²) in [4.78, 5) is 0.336. The lowest BCUT2D eigenvalue weighted by Gasteiger charge is -2.15. The molecule has 1 aliphatic rings. The van der Waals surface area contributed by atoms with Gasteiger partial charge in [0, 0.05) is 25.8 Å². The normalized spacial score (nSPS) is 23.8. The van der Waals surface area contributed by atoms with Gasteiger partial charge in [-0.3, -0.25) is 0 Å². The Labute approximate surface area is 115 Å². The molecule has 0 heterocycles. The average molecular weight is 282 g/mol. The van der Waals surface area contributed by atoms with Crippen LogP contribution >= 0.6 is 0 Å². The third kappa shape index (κ3) is 3.28.